The molecular weight excluding hydrogens is 340 g/mol. The van der Waals surface area contributed by atoms with Gasteiger partial charge in [-0.2, -0.15) is 0 Å². The minimum atomic E-state index is 0.685. The van der Waals surface area contributed by atoms with Crippen LogP contribution in [0.25, 0.3) is 11.1 Å². The van der Waals surface area contributed by atoms with Crippen LogP contribution in [0.3, 0.4) is 0 Å². The highest BCUT2D eigenvalue weighted by Crippen LogP contribution is 2.37. The van der Waals surface area contributed by atoms with Crippen molar-refractivity contribution in [3.63, 3.8) is 0 Å². The fraction of sp³-hybridized carbons (Fsp3) is 0.407. The highest BCUT2D eigenvalue weighted by atomic mass is 16.5. The lowest BCUT2D eigenvalue weighted by Gasteiger charge is -2.28. The van der Waals surface area contributed by atoms with Gasteiger partial charge >= 0.3 is 0 Å². The molecular formula is C27H34O. The van der Waals surface area contributed by atoms with Gasteiger partial charge in [-0.3, -0.25) is 0 Å². The minimum absolute atomic E-state index is 0.685. The summed E-state index contributed by atoms with van der Waals surface area (Å²) in [6.07, 6.45) is 12.6. The van der Waals surface area contributed by atoms with Gasteiger partial charge in [0, 0.05) is 6.61 Å². The predicted octanol–water partition coefficient (Wildman–Crippen LogP) is 7.69. The fourth-order valence-corrected chi connectivity index (χ4v) is 4.23. The molecule has 0 radical (unpaired) electrons. The third-order valence-electron chi connectivity index (χ3n) is 5.98. The molecule has 2 aromatic rings. The highest BCUT2D eigenvalue weighted by Gasteiger charge is 2.21. The van der Waals surface area contributed by atoms with E-state index in [1.807, 2.05) is 6.08 Å². The van der Waals surface area contributed by atoms with Crippen molar-refractivity contribution in [3.8, 4) is 11.1 Å². The number of hydrogen-bond donors (Lipinski definition) is 0. The molecule has 0 aromatic heterocycles. The molecule has 0 bridgehead atoms. The minimum Gasteiger partial charge on any atom is -0.377 e. The van der Waals surface area contributed by atoms with Gasteiger partial charge in [0.2, 0.25) is 0 Å². The van der Waals surface area contributed by atoms with E-state index < -0.39 is 0 Å². The largest absolute Gasteiger partial charge is 0.377 e. The first-order chi connectivity index (χ1) is 13.8. The van der Waals surface area contributed by atoms with Crippen LogP contribution in [-0.4, -0.2) is 6.61 Å². The Hall–Kier alpha value is -2.12. The lowest BCUT2D eigenvalue weighted by Crippen LogP contribution is -2.12. The summed E-state index contributed by atoms with van der Waals surface area (Å²) < 4.78 is 5.72. The Bertz CT molecular complexity index is 718. The van der Waals surface area contributed by atoms with E-state index in [9.17, 15) is 0 Å². The second-order valence-corrected chi connectivity index (χ2v) is 8.04. The molecule has 0 unspecified atom stereocenters. The van der Waals surface area contributed by atoms with Crippen LogP contribution in [0.15, 0.2) is 73.8 Å². The summed E-state index contributed by atoms with van der Waals surface area (Å²) in [5, 5.41) is 0. The van der Waals surface area contributed by atoms with Crippen molar-refractivity contribution in [2.24, 2.45) is 5.92 Å². The molecule has 3 rings (SSSR count). The van der Waals surface area contributed by atoms with E-state index in [1.54, 1.807) is 0 Å². The van der Waals surface area contributed by atoms with Crippen LogP contribution in [0.4, 0.5) is 0 Å². The molecule has 0 N–H and O–H groups in total. The number of ether oxygens (including phenoxy) is 1. The molecule has 0 amide bonds. The van der Waals surface area contributed by atoms with Crippen molar-refractivity contribution in [2.75, 3.05) is 6.61 Å². The van der Waals surface area contributed by atoms with Gasteiger partial charge < -0.3 is 4.74 Å². The Labute approximate surface area is 171 Å². The normalized spacial score (nSPS) is 19.3. The molecule has 2 aromatic carbocycles. The number of unbranched alkanes of at least 4 members (excludes halogenated alkanes) is 1. The van der Waals surface area contributed by atoms with Crippen molar-refractivity contribution in [2.45, 2.75) is 57.5 Å². The van der Waals surface area contributed by atoms with Crippen LogP contribution in [0.1, 0.15) is 62.0 Å². The Balaban J connectivity index is 1.52. The van der Waals surface area contributed by atoms with Gasteiger partial charge in [0.05, 0.1) is 6.61 Å². The molecule has 1 saturated carbocycles. The summed E-state index contributed by atoms with van der Waals surface area (Å²) in [7, 11) is 0. The van der Waals surface area contributed by atoms with Crippen LogP contribution in [0.5, 0.6) is 0 Å². The van der Waals surface area contributed by atoms with Gasteiger partial charge in [0.15, 0.2) is 0 Å². The molecule has 28 heavy (non-hydrogen) atoms. The first-order valence-electron chi connectivity index (χ1n) is 10.8. The average Bonchev–Trinajstić information content (AvgIpc) is 2.75. The summed E-state index contributed by atoms with van der Waals surface area (Å²) in [6.45, 7) is 9.11. The number of allylic oxidation sites excluding steroid dienone is 2. The third kappa shape index (κ3) is 5.94. The summed E-state index contributed by atoms with van der Waals surface area (Å²) >= 11 is 0. The Morgan fingerprint density at radius 2 is 1.46 bits per heavy atom. The monoisotopic (exact) mass is 374 g/mol. The zero-order valence-electron chi connectivity index (χ0n) is 17.1. The topological polar surface area (TPSA) is 9.23 Å². The van der Waals surface area contributed by atoms with Crippen LogP contribution in [0, 0.1) is 5.92 Å². The quantitative estimate of drug-likeness (QED) is 0.306. The van der Waals surface area contributed by atoms with Crippen molar-refractivity contribution >= 4 is 0 Å². The van der Waals surface area contributed by atoms with Crippen molar-refractivity contribution in [3.05, 3.63) is 85.0 Å². The number of hydrogen-bond acceptors (Lipinski definition) is 1. The van der Waals surface area contributed by atoms with Gasteiger partial charge in [-0.05, 0) is 79.0 Å². The van der Waals surface area contributed by atoms with Crippen LogP contribution >= 0.6 is 0 Å². The number of benzene rings is 2. The number of rotatable bonds is 10. The van der Waals surface area contributed by atoms with E-state index >= 15 is 0 Å². The van der Waals surface area contributed by atoms with Crippen LogP contribution in [-0.2, 0) is 11.3 Å². The lowest BCUT2D eigenvalue weighted by atomic mass is 9.77. The van der Waals surface area contributed by atoms with E-state index in [2.05, 4.69) is 67.8 Å². The zero-order chi connectivity index (χ0) is 19.6. The van der Waals surface area contributed by atoms with E-state index in [4.69, 9.17) is 4.74 Å². The third-order valence-corrected chi connectivity index (χ3v) is 5.98. The summed E-state index contributed by atoms with van der Waals surface area (Å²) in [5.41, 5.74) is 5.31. The molecule has 0 saturated heterocycles. The predicted molar refractivity (Wildman–Crippen MR) is 120 cm³/mol. The summed E-state index contributed by atoms with van der Waals surface area (Å²) in [4.78, 5) is 0. The molecule has 0 spiro atoms. The van der Waals surface area contributed by atoms with Gasteiger partial charge in [0.25, 0.3) is 0 Å². The van der Waals surface area contributed by atoms with E-state index in [1.165, 1.54) is 54.4 Å². The van der Waals surface area contributed by atoms with Gasteiger partial charge in [-0.1, -0.05) is 60.7 Å². The standard InChI is InChI=1S/C27H34O/c1-3-5-6-20-28-21-23-10-14-25(15-11-23)27-18-16-26(17-19-27)24-12-8-22(7-4-2)9-13-24/h3-4,10-11,14-19,22,24H,1-2,5-9,12-13,20-21H2. The molecule has 1 aliphatic rings. The second-order valence-electron chi connectivity index (χ2n) is 8.04. The first-order valence-corrected chi connectivity index (χ1v) is 10.8. The summed E-state index contributed by atoms with van der Waals surface area (Å²) in [5.74, 6) is 1.59. The van der Waals surface area contributed by atoms with Crippen LogP contribution in [0.2, 0.25) is 0 Å². The van der Waals surface area contributed by atoms with Gasteiger partial charge in [0.1, 0.15) is 0 Å². The molecule has 1 fully saturated rings. The van der Waals surface area contributed by atoms with Crippen molar-refractivity contribution < 1.29 is 4.74 Å². The average molecular weight is 375 g/mol. The Morgan fingerprint density at radius 1 is 0.821 bits per heavy atom. The molecule has 1 nitrogen and oxygen atoms in total. The molecule has 0 heterocycles. The fourth-order valence-electron chi connectivity index (χ4n) is 4.23. The smallest absolute Gasteiger partial charge is 0.0716 e. The van der Waals surface area contributed by atoms with Crippen molar-refractivity contribution in [1.29, 1.82) is 0 Å². The van der Waals surface area contributed by atoms with E-state index in [-0.39, 0.29) is 0 Å². The lowest BCUT2D eigenvalue weighted by molar-refractivity contribution is 0.119. The second kappa shape index (κ2) is 11.0. The molecule has 1 heteroatoms. The van der Waals surface area contributed by atoms with E-state index in [0.717, 1.165) is 31.3 Å². The molecule has 148 valence electrons. The summed E-state index contributed by atoms with van der Waals surface area (Å²) in [6, 6.07) is 18.0. The maximum absolute atomic E-state index is 5.72. The molecule has 1 aliphatic carbocycles. The van der Waals surface area contributed by atoms with Crippen molar-refractivity contribution in [1.82, 2.24) is 0 Å². The Morgan fingerprint density at radius 3 is 2.07 bits per heavy atom. The van der Waals surface area contributed by atoms with Gasteiger partial charge in [-0.15, -0.1) is 13.2 Å². The maximum Gasteiger partial charge on any atom is 0.0716 e. The zero-order valence-corrected chi connectivity index (χ0v) is 17.1. The first kappa shape index (κ1) is 20.6. The SMILES string of the molecule is C=CCCCOCc1ccc(-c2ccc(C3CCC(CC=C)CC3)cc2)cc1. The van der Waals surface area contributed by atoms with Crippen LogP contribution < -0.4 is 0 Å². The molecule has 0 aliphatic heterocycles. The van der Waals surface area contributed by atoms with Gasteiger partial charge in [-0.25, -0.2) is 0 Å². The Kier molecular flexibility index (Phi) is 8.11. The maximum atomic E-state index is 5.72. The van der Waals surface area contributed by atoms with E-state index in [0.29, 0.717) is 6.61 Å². The highest BCUT2D eigenvalue weighted by molar-refractivity contribution is 5.64. The molecule has 0 atom stereocenters.